The van der Waals surface area contributed by atoms with Gasteiger partial charge in [-0.25, -0.2) is 4.79 Å². The Morgan fingerprint density at radius 1 is 1.33 bits per heavy atom. The highest BCUT2D eigenvalue weighted by atomic mass is 35.5. The molecule has 0 aliphatic carbocycles. The molecular weight excluding hydrogens is 258 g/mol. The molecule has 6 heteroatoms. The number of amides is 1. The second kappa shape index (κ2) is 6.26. The van der Waals surface area contributed by atoms with E-state index in [4.69, 9.17) is 16.3 Å². The van der Waals surface area contributed by atoms with Crippen molar-refractivity contribution in [2.24, 2.45) is 0 Å². The van der Waals surface area contributed by atoms with Crippen molar-refractivity contribution in [1.82, 2.24) is 5.32 Å². The van der Waals surface area contributed by atoms with Crippen LogP contribution in [0.4, 0.5) is 0 Å². The number of benzene rings is 1. The lowest BCUT2D eigenvalue weighted by atomic mass is 10.1. The molecular formula is C12H14ClNO4. The Morgan fingerprint density at radius 3 is 2.56 bits per heavy atom. The van der Waals surface area contributed by atoms with Gasteiger partial charge in [-0.05, 0) is 25.1 Å². The maximum atomic E-state index is 11.9. The summed E-state index contributed by atoms with van der Waals surface area (Å²) in [5, 5.41) is 2.91. The van der Waals surface area contributed by atoms with Crippen molar-refractivity contribution in [2.75, 3.05) is 14.2 Å². The first kappa shape index (κ1) is 14.3. The van der Waals surface area contributed by atoms with Crippen LogP contribution in [-0.2, 0) is 9.53 Å². The smallest absolute Gasteiger partial charge is 0.328 e. The Labute approximate surface area is 110 Å². The van der Waals surface area contributed by atoms with Crippen LogP contribution in [0.2, 0.25) is 5.02 Å². The maximum Gasteiger partial charge on any atom is 0.328 e. The predicted octanol–water partition coefficient (Wildman–Crippen LogP) is 1.64. The van der Waals surface area contributed by atoms with Crippen LogP contribution in [0.25, 0.3) is 0 Å². The third-order valence-corrected chi connectivity index (χ3v) is 2.54. The third-order valence-electron chi connectivity index (χ3n) is 2.31. The maximum absolute atomic E-state index is 11.9. The second-order valence-corrected chi connectivity index (χ2v) is 4.00. The molecule has 1 rings (SSSR count). The Morgan fingerprint density at radius 2 is 2.00 bits per heavy atom. The average Bonchev–Trinajstić information content (AvgIpc) is 2.37. The average molecular weight is 272 g/mol. The summed E-state index contributed by atoms with van der Waals surface area (Å²) < 4.78 is 9.57. The Kier molecular flexibility index (Phi) is 4.97. The molecule has 0 spiro atoms. The van der Waals surface area contributed by atoms with Crippen molar-refractivity contribution < 1.29 is 19.1 Å². The highest BCUT2D eigenvalue weighted by Gasteiger charge is 2.19. The van der Waals surface area contributed by atoms with E-state index in [2.05, 4.69) is 10.1 Å². The van der Waals surface area contributed by atoms with Crippen molar-refractivity contribution in [1.29, 1.82) is 0 Å². The second-order valence-electron chi connectivity index (χ2n) is 3.56. The van der Waals surface area contributed by atoms with Crippen molar-refractivity contribution in [3.63, 3.8) is 0 Å². The van der Waals surface area contributed by atoms with E-state index in [1.807, 2.05) is 0 Å². The molecule has 0 bridgehead atoms. The van der Waals surface area contributed by atoms with Gasteiger partial charge >= 0.3 is 5.97 Å². The van der Waals surface area contributed by atoms with E-state index in [0.29, 0.717) is 10.8 Å². The van der Waals surface area contributed by atoms with Crippen LogP contribution >= 0.6 is 11.6 Å². The SMILES string of the molecule is COC(=O)C(C)NC(=O)c1cc(Cl)ccc1OC. The van der Waals surface area contributed by atoms with E-state index in [1.54, 1.807) is 12.1 Å². The molecule has 0 aliphatic rings. The largest absolute Gasteiger partial charge is 0.496 e. The summed E-state index contributed by atoms with van der Waals surface area (Å²) in [4.78, 5) is 23.2. The number of hydrogen-bond acceptors (Lipinski definition) is 4. The van der Waals surface area contributed by atoms with Crippen molar-refractivity contribution in [2.45, 2.75) is 13.0 Å². The fraction of sp³-hybridized carbons (Fsp3) is 0.333. The van der Waals surface area contributed by atoms with Gasteiger partial charge in [0, 0.05) is 5.02 Å². The number of esters is 1. The van der Waals surface area contributed by atoms with Crippen molar-refractivity contribution >= 4 is 23.5 Å². The first-order valence-corrected chi connectivity index (χ1v) is 5.59. The number of nitrogens with one attached hydrogen (secondary N) is 1. The van der Waals surface area contributed by atoms with Gasteiger partial charge in [0.2, 0.25) is 0 Å². The topological polar surface area (TPSA) is 64.6 Å². The zero-order valence-corrected chi connectivity index (χ0v) is 11.1. The van der Waals surface area contributed by atoms with E-state index >= 15 is 0 Å². The molecule has 1 aromatic carbocycles. The molecule has 0 aromatic heterocycles. The molecule has 0 aliphatic heterocycles. The van der Waals surface area contributed by atoms with Crippen molar-refractivity contribution in [3.05, 3.63) is 28.8 Å². The number of halogens is 1. The summed E-state index contributed by atoms with van der Waals surface area (Å²) in [6, 6.07) is 3.92. The lowest BCUT2D eigenvalue weighted by molar-refractivity contribution is -0.142. The number of rotatable bonds is 4. The molecule has 98 valence electrons. The summed E-state index contributed by atoms with van der Waals surface area (Å²) in [7, 11) is 2.70. The molecule has 1 amide bonds. The van der Waals surface area contributed by atoms with Crippen LogP contribution in [-0.4, -0.2) is 32.1 Å². The first-order valence-electron chi connectivity index (χ1n) is 5.21. The van der Waals surface area contributed by atoms with Crippen LogP contribution in [0.3, 0.4) is 0 Å². The molecule has 0 heterocycles. The Hall–Kier alpha value is -1.75. The van der Waals surface area contributed by atoms with E-state index in [9.17, 15) is 9.59 Å². The molecule has 0 radical (unpaired) electrons. The molecule has 0 saturated carbocycles. The van der Waals surface area contributed by atoms with Gasteiger partial charge in [-0.2, -0.15) is 0 Å². The fourth-order valence-electron chi connectivity index (χ4n) is 1.37. The van der Waals surface area contributed by atoms with E-state index in [-0.39, 0.29) is 5.56 Å². The van der Waals surface area contributed by atoms with Gasteiger partial charge in [-0.1, -0.05) is 11.6 Å². The highest BCUT2D eigenvalue weighted by molar-refractivity contribution is 6.31. The summed E-state index contributed by atoms with van der Waals surface area (Å²) in [6.07, 6.45) is 0. The van der Waals surface area contributed by atoms with Gasteiger partial charge in [0.15, 0.2) is 0 Å². The van der Waals surface area contributed by atoms with Crippen molar-refractivity contribution in [3.8, 4) is 5.75 Å². The van der Waals surface area contributed by atoms with Crippen LogP contribution < -0.4 is 10.1 Å². The predicted molar refractivity (Wildman–Crippen MR) is 66.9 cm³/mol. The summed E-state index contributed by atoms with van der Waals surface area (Å²) in [5.74, 6) is -0.592. The summed E-state index contributed by atoms with van der Waals surface area (Å²) in [6.45, 7) is 1.53. The molecule has 0 saturated heterocycles. The standard InChI is InChI=1S/C12H14ClNO4/c1-7(12(16)18-3)14-11(15)9-6-8(13)4-5-10(9)17-2/h4-7H,1-3H3,(H,14,15). The first-order chi connectivity index (χ1) is 8.49. The molecule has 0 fully saturated rings. The zero-order chi connectivity index (χ0) is 13.7. The third kappa shape index (κ3) is 3.37. The zero-order valence-electron chi connectivity index (χ0n) is 10.3. The Balaban J connectivity index is 2.90. The minimum absolute atomic E-state index is 0.265. The number of carbonyl (C=O) groups is 2. The number of carbonyl (C=O) groups excluding carboxylic acids is 2. The van der Waals surface area contributed by atoms with Crippen LogP contribution in [0.15, 0.2) is 18.2 Å². The molecule has 1 atom stereocenters. The minimum Gasteiger partial charge on any atom is -0.496 e. The minimum atomic E-state index is -0.744. The van der Waals surface area contributed by atoms with Gasteiger partial charge in [-0.15, -0.1) is 0 Å². The van der Waals surface area contributed by atoms with Gasteiger partial charge in [0.1, 0.15) is 11.8 Å². The lowest BCUT2D eigenvalue weighted by Gasteiger charge is -2.13. The van der Waals surface area contributed by atoms with E-state index in [0.717, 1.165) is 0 Å². The molecule has 18 heavy (non-hydrogen) atoms. The normalized spacial score (nSPS) is 11.6. The van der Waals surface area contributed by atoms with E-state index < -0.39 is 17.9 Å². The molecule has 1 unspecified atom stereocenters. The van der Waals surface area contributed by atoms with E-state index in [1.165, 1.54) is 27.2 Å². The molecule has 5 nitrogen and oxygen atoms in total. The Bertz CT molecular complexity index is 461. The monoisotopic (exact) mass is 271 g/mol. The number of methoxy groups -OCH3 is 2. The summed E-state index contributed by atoms with van der Waals surface area (Å²) in [5.41, 5.74) is 0.265. The number of ether oxygens (including phenoxy) is 2. The van der Waals surface area contributed by atoms with Crippen LogP contribution in [0, 0.1) is 0 Å². The fourth-order valence-corrected chi connectivity index (χ4v) is 1.54. The van der Waals surface area contributed by atoms with Gasteiger partial charge in [0.25, 0.3) is 5.91 Å². The van der Waals surface area contributed by atoms with Crippen LogP contribution in [0.1, 0.15) is 17.3 Å². The summed E-state index contributed by atoms with van der Waals surface area (Å²) >= 11 is 5.82. The quantitative estimate of drug-likeness (QED) is 0.846. The van der Waals surface area contributed by atoms with Crippen LogP contribution in [0.5, 0.6) is 5.75 Å². The number of hydrogen-bond donors (Lipinski definition) is 1. The highest BCUT2D eigenvalue weighted by Crippen LogP contribution is 2.22. The van der Waals surface area contributed by atoms with Gasteiger partial charge in [-0.3, -0.25) is 4.79 Å². The molecule has 1 N–H and O–H groups in total. The molecule has 1 aromatic rings. The van der Waals surface area contributed by atoms with Gasteiger partial charge in [0.05, 0.1) is 19.8 Å². The lowest BCUT2D eigenvalue weighted by Crippen LogP contribution is -2.39. The van der Waals surface area contributed by atoms with Gasteiger partial charge < -0.3 is 14.8 Å².